The summed E-state index contributed by atoms with van der Waals surface area (Å²) >= 11 is 1.71. The first kappa shape index (κ1) is 8.54. The van der Waals surface area contributed by atoms with Gasteiger partial charge in [0.1, 0.15) is 0 Å². The van der Waals surface area contributed by atoms with Crippen LogP contribution in [0.1, 0.15) is 25.7 Å². The average Bonchev–Trinajstić information content (AvgIpc) is 2.64. The molecule has 1 aromatic rings. The Morgan fingerprint density at radius 3 is 1.55 bits per heavy atom. The van der Waals surface area contributed by atoms with E-state index < -0.39 is 0 Å². The molecule has 0 aromatic carbocycles. The van der Waals surface area contributed by atoms with Crippen LogP contribution in [0.2, 0.25) is 0 Å². The molecule has 1 aliphatic carbocycles. The van der Waals surface area contributed by atoms with Crippen LogP contribution in [0.5, 0.6) is 0 Å². The normalized spacial score (nSPS) is 15.3. The summed E-state index contributed by atoms with van der Waals surface area (Å²) in [6.45, 7) is 0. The van der Waals surface area contributed by atoms with Gasteiger partial charge in [0, 0.05) is 0 Å². The highest BCUT2D eigenvalue weighted by atomic mass is 32.1. The zero-order chi connectivity index (χ0) is 7.78. The van der Waals surface area contributed by atoms with Gasteiger partial charge in [-0.2, -0.15) is 11.3 Å². The van der Waals surface area contributed by atoms with E-state index in [1.807, 2.05) is 22.9 Å². The second-order valence-corrected chi connectivity index (χ2v) is 3.37. The smallest absolute Gasteiger partial charge is 0.00934 e. The van der Waals surface area contributed by atoms with Crippen molar-refractivity contribution >= 4 is 11.3 Å². The van der Waals surface area contributed by atoms with Gasteiger partial charge in [0.2, 0.25) is 0 Å². The molecule has 1 heteroatoms. The molecule has 0 radical (unpaired) electrons. The number of hydrogen-bond acceptors (Lipinski definition) is 1. The van der Waals surface area contributed by atoms with E-state index in [9.17, 15) is 0 Å². The monoisotopic (exact) mass is 166 g/mol. The van der Waals surface area contributed by atoms with E-state index >= 15 is 0 Å². The standard InChI is InChI=1S/C6H10.C4H4S/c1-2-4-6-5-3-1;1-2-4-5-3-1/h1-2H,3-6H2;1-4H. The van der Waals surface area contributed by atoms with Crippen molar-refractivity contribution < 1.29 is 0 Å². The zero-order valence-corrected chi connectivity index (χ0v) is 7.52. The molecule has 1 aliphatic rings. The van der Waals surface area contributed by atoms with Gasteiger partial charge in [0.25, 0.3) is 0 Å². The number of rotatable bonds is 0. The summed E-state index contributed by atoms with van der Waals surface area (Å²) in [6.07, 6.45) is 10.0. The van der Waals surface area contributed by atoms with Crippen molar-refractivity contribution in [3.05, 3.63) is 35.0 Å². The summed E-state index contributed by atoms with van der Waals surface area (Å²) in [4.78, 5) is 0. The predicted octanol–water partition coefficient (Wildman–Crippen LogP) is 3.86. The van der Waals surface area contributed by atoms with Crippen LogP contribution in [0.15, 0.2) is 35.0 Å². The highest BCUT2D eigenvalue weighted by molar-refractivity contribution is 7.07. The van der Waals surface area contributed by atoms with E-state index in [0.717, 1.165) is 0 Å². The van der Waals surface area contributed by atoms with Gasteiger partial charge >= 0.3 is 0 Å². The topological polar surface area (TPSA) is 0 Å². The largest absolute Gasteiger partial charge is 0.152 e. The van der Waals surface area contributed by atoms with Crippen LogP contribution in [0.3, 0.4) is 0 Å². The fourth-order valence-electron chi connectivity index (χ4n) is 0.987. The van der Waals surface area contributed by atoms with Crippen molar-refractivity contribution in [2.24, 2.45) is 0 Å². The first-order valence-electron chi connectivity index (χ1n) is 4.12. The van der Waals surface area contributed by atoms with Gasteiger partial charge in [-0.05, 0) is 36.4 Å². The van der Waals surface area contributed by atoms with Crippen molar-refractivity contribution in [3.63, 3.8) is 0 Å². The molecule has 0 bridgehead atoms. The molecule has 0 aliphatic heterocycles. The molecule has 2 rings (SSSR count). The van der Waals surface area contributed by atoms with Gasteiger partial charge in [0.15, 0.2) is 0 Å². The Hall–Kier alpha value is -0.560. The minimum atomic E-state index is 1.32. The fourth-order valence-corrected chi connectivity index (χ4v) is 1.44. The summed E-state index contributed by atoms with van der Waals surface area (Å²) in [7, 11) is 0. The lowest BCUT2D eigenvalue weighted by molar-refractivity contribution is 0.730. The molecule has 0 saturated heterocycles. The van der Waals surface area contributed by atoms with Gasteiger partial charge in [0.05, 0.1) is 0 Å². The second kappa shape index (κ2) is 6.17. The highest BCUT2D eigenvalue weighted by Crippen LogP contribution is 2.07. The molecule has 0 nitrogen and oxygen atoms in total. The molecule has 0 saturated carbocycles. The molecular weight excluding hydrogens is 152 g/mol. The predicted molar refractivity (Wildman–Crippen MR) is 51.9 cm³/mol. The van der Waals surface area contributed by atoms with Gasteiger partial charge in [-0.1, -0.05) is 24.3 Å². The van der Waals surface area contributed by atoms with Crippen molar-refractivity contribution in [1.29, 1.82) is 0 Å². The summed E-state index contributed by atoms with van der Waals surface area (Å²) in [5.74, 6) is 0. The summed E-state index contributed by atoms with van der Waals surface area (Å²) in [5, 5.41) is 4.08. The van der Waals surface area contributed by atoms with Crippen molar-refractivity contribution in [2.75, 3.05) is 0 Å². The number of hydrogen-bond donors (Lipinski definition) is 0. The molecule has 0 N–H and O–H groups in total. The van der Waals surface area contributed by atoms with Crippen molar-refractivity contribution in [2.45, 2.75) is 25.7 Å². The SMILES string of the molecule is C1=CCCCC1.c1ccsc1. The molecule has 0 unspecified atom stereocenters. The van der Waals surface area contributed by atoms with Crippen molar-refractivity contribution in [1.82, 2.24) is 0 Å². The molecule has 60 valence electrons. The van der Waals surface area contributed by atoms with Crippen LogP contribution < -0.4 is 0 Å². The molecule has 0 atom stereocenters. The third kappa shape index (κ3) is 4.79. The average molecular weight is 166 g/mol. The summed E-state index contributed by atoms with van der Waals surface area (Å²) < 4.78 is 0. The van der Waals surface area contributed by atoms with Crippen LogP contribution in [0.25, 0.3) is 0 Å². The Morgan fingerprint density at radius 2 is 1.36 bits per heavy atom. The van der Waals surface area contributed by atoms with Gasteiger partial charge in [-0.15, -0.1) is 0 Å². The van der Waals surface area contributed by atoms with Crippen LogP contribution in [-0.4, -0.2) is 0 Å². The van der Waals surface area contributed by atoms with Crippen LogP contribution in [-0.2, 0) is 0 Å². The Bertz CT molecular complexity index is 150. The zero-order valence-electron chi connectivity index (χ0n) is 6.70. The first-order valence-corrected chi connectivity index (χ1v) is 5.06. The van der Waals surface area contributed by atoms with Crippen LogP contribution >= 0.6 is 11.3 Å². The Kier molecular flexibility index (Phi) is 4.79. The molecule has 0 spiro atoms. The lowest BCUT2D eigenvalue weighted by atomic mass is 10.1. The molecule has 11 heavy (non-hydrogen) atoms. The highest BCUT2D eigenvalue weighted by Gasteiger charge is 1.87. The van der Waals surface area contributed by atoms with E-state index in [-0.39, 0.29) is 0 Å². The molecule has 0 amide bonds. The van der Waals surface area contributed by atoms with Crippen LogP contribution in [0, 0.1) is 0 Å². The maximum Gasteiger partial charge on any atom is -0.00934 e. The van der Waals surface area contributed by atoms with E-state index in [4.69, 9.17) is 0 Å². The maximum atomic E-state index is 2.27. The molecule has 1 heterocycles. The first-order chi connectivity index (χ1) is 5.50. The molecule has 1 aromatic heterocycles. The van der Waals surface area contributed by atoms with Crippen molar-refractivity contribution in [3.8, 4) is 0 Å². The minimum Gasteiger partial charge on any atom is -0.152 e. The molecular formula is C10H14S. The minimum absolute atomic E-state index is 1.32. The lowest BCUT2D eigenvalue weighted by Gasteiger charge is -1.97. The Balaban J connectivity index is 0.000000112. The van der Waals surface area contributed by atoms with Gasteiger partial charge < -0.3 is 0 Å². The summed E-state index contributed by atoms with van der Waals surface area (Å²) in [5.41, 5.74) is 0. The molecule has 0 fully saturated rings. The quantitative estimate of drug-likeness (QED) is 0.513. The van der Waals surface area contributed by atoms with E-state index in [1.165, 1.54) is 25.7 Å². The number of thiophene rings is 1. The summed E-state index contributed by atoms with van der Waals surface area (Å²) in [6, 6.07) is 4.04. The maximum absolute atomic E-state index is 2.27. The third-order valence-electron chi connectivity index (χ3n) is 1.58. The van der Waals surface area contributed by atoms with E-state index in [1.54, 1.807) is 11.3 Å². The second-order valence-electron chi connectivity index (χ2n) is 2.55. The number of allylic oxidation sites excluding steroid dienone is 2. The fraction of sp³-hybridized carbons (Fsp3) is 0.400. The van der Waals surface area contributed by atoms with Gasteiger partial charge in [-0.25, -0.2) is 0 Å². The van der Waals surface area contributed by atoms with E-state index in [0.29, 0.717) is 0 Å². The third-order valence-corrected chi connectivity index (χ3v) is 2.21. The van der Waals surface area contributed by atoms with Crippen LogP contribution in [0.4, 0.5) is 0 Å². The Morgan fingerprint density at radius 1 is 0.818 bits per heavy atom. The Labute approximate surface area is 72.6 Å². The van der Waals surface area contributed by atoms with E-state index in [2.05, 4.69) is 12.2 Å². The lowest BCUT2D eigenvalue weighted by Crippen LogP contribution is -1.77. The van der Waals surface area contributed by atoms with Gasteiger partial charge in [-0.3, -0.25) is 0 Å².